The van der Waals surface area contributed by atoms with Crippen molar-refractivity contribution in [2.45, 2.75) is 50.6 Å². The normalized spacial score (nSPS) is 46.4. The first-order valence-electron chi connectivity index (χ1n) is 8.97. The lowest BCUT2D eigenvalue weighted by Gasteiger charge is -2.46. The summed E-state index contributed by atoms with van der Waals surface area (Å²) < 4.78 is 0. The minimum Gasteiger partial charge on any atom is -0.312 e. The molecule has 4 rings (SSSR count). The Morgan fingerprint density at radius 3 is 2.85 bits per heavy atom. The van der Waals surface area contributed by atoms with Crippen molar-refractivity contribution in [3.05, 3.63) is 0 Å². The first kappa shape index (κ1) is 13.5. The van der Waals surface area contributed by atoms with Crippen molar-refractivity contribution < 1.29 is 0 Å². The Balaban J connectivity index is 1.34. The van der Waals surface area contributed by atoms with Crippen LogP contribution in [0, 0.1) is 17.8 Å². The van der Waals surface area contributed by atoms with Gasteiger partial charge in [0.05, 0.1) is 0 Å². The molecule has 0 radical (unpaired) electrons. The molecule has 3 heterocycles. The number of nitrogens with one attached hydrogen (secondary N) is 1. The van der Waals surface area contributed by atoms with Gasteiger partial charge in [-0.05, 0) is 76.5 Å². The summed E-state index contributed by atoms with van der Waals surface area (Å²) in [5.74, 6) is 2.96. The van der Waals surface area contributed by atoms with Gasteiger partial charge in [0.2, 0.25) is 0 Å². The van der Waals surface area contributed by atoms with Crippen LogP contribution in [0.25, 0.3) is 0 Å². The third-order valence-corrected chi connectivity index (χ3v) is 6.76. The van der Waals surface area contributed by atoms with E-state index in [0.29, 0.717) is 0 Å². The van der Waals surface area contributed by atoms with Gasteiger partial charge in [-0.3, -0.25) is 0 Å². The molecule has 0 spiro atoms. The fourth-order valence-corrected chi connectivity index (χ4v) is 5.67. The summed E-state index contributed by atoms with van der Waals surface area (Å²) in [5.41, 5.74) is 0. The van der Waals surface area contributed by atoms with Gasteiger partial charge in [0.1, 0.15) is 0 Å². The maximum atomic E-state index is 3.83. The van der Waals surface area contributed by atoms with Crippen LogP contribution in [0.15, 0.2) is 0 Å². The Morgan fingerprint density at radius 1 is 1.00 bits per heavy atom. The minimum atomic E-state index is 0.806. The summed E-state index contributed by atoms with van der Waals surface area (Å²) in [5, 5.41) is 3.83. The molecule has 3 aliphatic heterocycles. The fraction of sp³-hybridized carbons (Fsp3) is 1.00. The van der Waals surface area contributed by atoms with Crippen molar-refractivity contribution in [3.63, 3.8) is 0 Å². The van der Waals surface area contributed by atoms with Gasteiger partial charge in [-0.15, -0.1) is 0 Å². The Hall–Kier alpha value is -0.120. The van der Waals surface area contributed by atoms with Crippen molar-refractivity contribution in [3.8, 4) is 0 Å². The molecule has 1 aliphatic carbocycles. The number of hydrogen-bond donors (Lipinski definition) is 1. The molecule has 4 aliphatic rings. The van der Waals surface area contributed by atoms with Crippen molar-refractivity contribution in [2.75, 3.05) is 39.8 Å². The zero-order chi connectivity index (χ0) is 13.5. The van der Waals surface area contributed by atoms with Crippen LogP contribution in [0.1, 0.15) is 38.5 Å². The summed E-state index contributed by atoms with van der Waals surface area (Å²) in [6, 6.07) is 1.69. The van der Waals surface area contributed by atoms with Crippen molar-refractivity contribution >= 4 is 0 Å². The van der Waals surface area contributed by atoms with Crippen LogP contribution < -0.4 is 5.32 Å². The lowest BCUT2D eigenvalue weighted by Crippen LogP contribution is -2.54. The summed E-state index contributed by atoms with van der Waals surface area (Å²) in [6.07, 6.45) is 8.76. The van der Waals surface area contributed by atoms with Crippen LogP contribution >= 0.6 is 0 Å². The minimum absolute atomic E-state index is 0.806. The molecule has 0 bridgehead atoms. The van der Waals surface area contributed by atoms with E-state index in [1.807, 2.05) is 0 Å². The second kappa shape index (κ2) is 5.58. The van der Waals surface area contributed by atoms with Crippen LogP contribution in [-0.2, 0) is 0 Å². The average molecular weight is 277 g/mol. The maximum Gasteiger partial charge on any atom is 0.0226 e. The number of rotatable bonds is 2. The SMILES string of the molecule is CN1CCCC2CN(CC3NCC4CCCC43)CCC21. The molecular formula is C17H31N3. The topological polar surface area (TPSA) is 18.5 Å². The average Bonchev–Trinajstić information content (AvgIpc) is 3.04. The van der Waals surface area contributed by atoms with Gasteiger partial charge in [0.15, 0.2) is 0 Å². The summed E-state index contributed by atoms with van der Waals surface area (Å²) in [4.78, 5) is 5.42. The van der Waals surface area contributed by atoms with Crippen LogP contribution in [-0.4, -0.2) is 61.7 Å². The van der Waals surface area contributed by atoms with Crippen LogP contribution in [0.4, 0.5) is 0 Å². The lowest BCUT2D eigenvalue weighted by atomic mass is 9.83. The van der Waals surface area contributed by atoms with E-state index in [2.05, 4.69) is 22.2 Å². The van der Waals surface area contributed by atoms with E-state index >= 15 is 0 Å². The monoisotopic (exact) mass is 277 g/mol. The molecule has 5 atom stereocenters. The van der Waals surface area contributed by atoms with E-state index in [9.17, 15) is 0 Å². The highest BCUT2D eigenvalue weighted by molar-refractivity contribution is 4.97. The van der Waals surface area contributed by atoms with Gasteiger partial charge in [0, 0.05) is 25.2 Å². The first-order valence-corrected chi connectivity index (χ1v) is 8.97. The predicted molar refractivity (Wildman–Crippen MR) is 82.8 cm³/mol. The second-order valence-corrected chi connectivity index (χ2v) is 7.87. The molecular weight excluding hydrogens is 246 g/mol. The zero-order valence-electron chi connectivity index (χ0n) is 13.1. The van der Waals surface area contributed by atoms with Crippen LogP contribution in [0.5, 0.6) is 0 Å². The summed E-state index contributed by atoms with van der Waals surface area (Å²) in [6.45, 7) is 6.66. The van der Waals surface area contributed by atoms with E-state index in [-0.39, 0.29) is 0 Å². The highest BCUT2D eigenvalue weighted by Crippen LogP contribution is 2.38. The fourth-order valence-electron chi connectivity index (χ4n) is 5.67. The maximum absolute atomic E-state index is 3.83. The quantitative estimate of drug-likeness (QED) is 0.830. The molecule has 3 nitrogen and oxygen atoms in total. The molecule has 20 heavy (non-hydrogen) atoms. The molecule has 0 amide bonds. The Kier molecular flexibility index (Phi) is 3.78. The van der Waals surface area contributed by atoms with Crippen molar-refractivity contribution in [1.29, 1.82) is 0 Å². The van der Waals surface area contributed by atoms with Gasteiger partial charge < -0.3 is 15.1 Å². The lowest BCUT2D eigenvalue weighted by molar-refractivity contribution is 0.0336. The summed E-state index contributed by atoms with van der Waals surface area (Å²) >= 11 is 0. The standard InChI is InChI=1S/C17H31N3/c1-19-8-3-5-14-11-20(9-7-17(14)19)12-16-15-6-2-4-13(15)10-18-16/h13-18H,2-12H2,1H3. The van der Waals surface area contributed by atoms with E-state index in [0.717, 1.165) is 29.8 Å². The molecule has 0 aromatic rings. The van der Waals surface area contributed by atoms with Gasteiger partial charge in [-0.25, -0.2) is 0 Å². The van der Waals surface area contributed by atoms with E-state index < -0.39 is 0 Å². The number of likely N-dealkylation sites (tertiary alicyclic amines) is 2. The van der Waals surface area contributed by atoms with Gasteiger partial charge in [-0.1, -0.05) is 6.42 Å². The second-order valence-electron chi connectivity index (χ2n) is 7.87. The number of nitrogens with zero attached hydrogens (tertiary/aromatic N) is 2. The van der Waals surface area contributed by atoms with E-state index in [4.69, 9.17) is 0 Å². The highest BCUT2D eigenvalue weighted by atomic mass is 15.2. The molecule has 0 aromatic carbocycles. The first-order chi connectivity index (χ1) is 9.81. The van der Waals surface area contributed by atoms with Gasteiger partial charge in [0.25, 0.3) is 0 Å². The smallest absolute Gasteiger partial charge is 0.0226 e. The number of piperidine rings is 2. The zero-order valence-corrected chi connectivity index (χ0v) is 13.1. The van der Waals surface area contributed by atoms with Crippen LogP contribution in [0.3, 0.4) is 0 Å². The van der Waals surface area contributed by atoms with Crippen molar-refractivity contribution in [1.82, 2.24) is 15.1 Å². The van der Waals surface area contributed by atoms with E-state index in [1.54, 1.807) is 0 Å². The van der Waals surface area contributed by atoms with Crippen LogP contribution in [0.2, 0.25) is 0 Å². The molecule has 3 saturated heterocycles. The van der Waals surface area contributed by atoms with Gasteiger partial charge in [-0.2, -0.15) is 0 Å². The Labute approximate surface area is 124 Å². The molecule has 114 valence electrons. The molecule has 0 aromatic heterocycles. The largest absolute Gasteiger partial charge is 0.312 e. The summed E-state index contributed by atoms with van der Waals surface area (Å²) in [7, 11) is 2.34. The Bertz CT molecular complexity index is 345. The predicted octanol–water partition coefficient (Wildman–Crippen LogP) is 1.79. The third-order valence-electron chi connectivity index (χ3n) is 6.76. The number of fused-ring (bicyclic) bond motifs is 2. The number of hydrogen-bond acceptors (Lipinski definition) is 3. The molecule has 4 fully saturated rings. The molecule has 3 heteroatoms. The van der Waals surface area contributed by atoms with E-state index in [1.165, 1.54) is 71.2 Å². The molecule has 1 saturated carbocycles. The molecule has 5 unspecified atom stereocenters. The highest BCUT2D eigenvalue weighted by Gasteiger charge is 2.41. The Morgan fingerprint density at radius 2 is 1.90 bits per heavy atom. The van der Waals surface area contributed by atoms with Crippen molar-refractivity contribution in [2.24, 2.45) is 17.8 Å². The molecule has 1 N–H and O–H groups in total. The third kappa shape index (κ3) is 2.42. The van der Waals surface area contributed by atoms with Gasteiger partial charge >= 0.3 is 0 Å².